The van der Waals surface area contributed by atoms with Gasteiger partial charge >= 0.3 is 0 Å². The number of aromatic amines is 1. The van der Waals surface area contributed by atoms with Crippen molar-refractivity contribution in [2.75, 3.05) is 39.3 Å². The minimum atomic E-state index is -0.0970. The second kappa shape index (κ2) is 7.95. The molecule has 7 nitrogen and oxygen atoms in total. The summed E-state index contributed by atoms with van der Waals surface area (Å²) in [5.74, 6) is -0.0910. The Hall–Kier alpha value is -2.28. The van der Waals surface area contributed by atoms with Gasteiger partial charge in [0.2, 0.25) is 11.8 Å². The molecule has 0 unspecified atom stereocenters. The molecular weight excluding hydrogens is 356 g/mol. The van der Waals surface area contributed by atoms with E-state index in [2.05, 4.69) is 11.6 Å². The molecule has 2 fully saturated rings. The molecule has 0 aliphatic carbocycles. The highest BCUT2D eigenvalue weighted by atomic mass is 35.5. The van der Waals surface area contributed by atoms with E-state index in [1.54, 1.807) is 22.1 Å². The van der Waals surface area contributed by atoms with Crippen LogP contribution in [-0.4, -0.2) is 76.7 Å². The van der Waals surface area contributed by atoms with Gasteiger partial charge in [0.05, 0.1) is 5.02 Å². The van der Waals surface area contributed by atoms with Crippen LogP contribution in [0.5, 0.6) is 0 Å². The molecule has 3 rings (SSSR count). The lowest BCUT2D eigenvalue weighted by atomic mass is 9.95. The van der Waals surface area contributed by atoms with Crippen molar-refractivity contribution in [3.63, 3.8) is 0 Å². The molecule has 1 aromatic heterocycles. The lowest BCUT2D eigenvalue weighted by Gasteiger charge is -2.38. The third-order valence-corrected chi connectivity index (χ3v) is 5.31. The van der Waals surface area contributed by atoms with Gasteiger partial charge < -0.3 is 19.7 Å². The molecule has 0 radical (unpaired) electrons. The number of carbonyl (C=O) groups is 3. The summed E-state index contributed by atoms with van der Waals surface area (Å²) in [7, 11) is 0. The van der Waals surface area contributed by atoms with E-state index in [-0.39, 0.29) is 23.6 Å². The number of rotatable bonds is 3. The zero-order valence-electron chi connectivity index (χ0n) is 14.6. The third-order valence-electron chi connectivity index (χ3n) is 5.09. The summed E-state index contributed by atoms with van der Waals surface area (Å²) in [6.45, 7) is 6.76. The van der Waals surface area contributed by atoms with Crippen LogP contribution >= 0.6 is 11.6 Å². The van der Waals surface area contributed by atoms with Gasteiger partial charge in [-0.2, -0.15) is 0 Å². The number of hydrogen-bond acceptors (Lipinski definition) is 3. The Balaban J connectivity index is 1.49. The standard InChI is InChI=1S/C18H23ClN4O3/c1-2-16(24)21-5-3-13(4-6-21)17(25)22-7-9-23(10-8-22)18(26)15-11-14(19)12-20-15/h2,11-13,20H,1,3-10H2. The molecule has 26 heavy (non-hydrogen) atoms. The predicted octanol–water partition coefficient (Wildman–Crippen LogP) is 1.38. The van der Waals surface area contributed by atoms with Gasteiger partial charge in [-0.05, 0) is 25.0 Å². The molecule has 140 valence electrons. The SMILES string of the molecule is C=CC(=O)N1CCC(C(=O)N2CCN(C(=O)c3cc(Cl)c[nH]3)CC2)CC1. The fourth-order valence-electron chi connectivity index (χ4n) is 3.53. The highest BCUT2D eigenvalue weighted by Gasteiger charge is 2.32. The number of halogens is 1. The zero-order chi connectivity index (χ0) is 18.7. The molecule has 3 amide bonds. The molecule has 3 heterocycles. The number of hydrogen-bond donors (Lipinski definition) is 1. The molecule has 2 aliphatic rings. The van der Waals surface area contributed by atoms with Gasteiger partial charge in [0.25, 0.3) is 5.91 Å². The van der Waals surface area contributed by atoms with E-state index >= 15 is 0 Å². The topological polar surface area (TPSA) is 76.7 Å². The highest BCUT2D eigenvalue weighted by Crippen LogP contribution is 2.21. The number of piperazine rings is 1. The van der Waals surface area contributed by atoms with Gasteiger partial charge in [-0.25, -0.2) is 0 Å². The first-order valence-corrected chi connectivity index (χ1v) is 9.20. The van der Waals surface area contributed by atoms with Crippen molar-refractivity contribution in [3.8, 4) is 0 Å². The maximum atomic E-state index is 12.7. The number of H-pyrrole nitrogens is 1. The molecule has 8 heteroatoms. The summed E-state index contributed by atoms with van der Waals surface area (Å²) in [6, 6.07) is 1.61. The van der Waals surface area contributed by atoms with Crippen molar-refractivity contribution in [1.82, 2.24) is 19.7 Å². The van der Waals surface area contributed by atoms with Crippen LogP contribution in [0.3, 0.4) is 0 Å². The van der Waals surface area contributed by atoms with E-state index in [4.69, 9.17) is 11.6 Å². The quantitative estimate of drug-likeness (QED) is 0.807. The summed E-state index contributed by atoms with van der Waals surface area (Å²) in [5, 5.41) is 0.503. The number of carbonyl (C=O) groups excluding carboxylic acids is 3. The van der Waals surface area contributed by atoms with Crippen molar-refractivity contribution >= 4 is 29.3 Å². The summed E-state index contributed by atoms with van der Waals surface area (Å²) >= 11 is 5.85. The molecule has 0 atom stereocenters. The second-order valence-electron chi connectivity index (χ2n) is 6.65. The van der Waals surface area contributed by atoms with Gasteiger partial charge in [0.1, 0.15) is 5.69 Å². The smallest absolute Gasteiger partial charge is 0.270 e. The zero-order valence-corrected chi connectivity index (χ0v) is 15.4. The Morgan fingerprint density at radius 1 is 1.04 bits per heavy atom. The molecular formula is C18H23ClN4O3. The maximum Gasteiger partial charge on any atom is 0.270 e. The Morgan fingerprint density at radius 2 is 1.65 bits per heavy atom. The van der Waals surface area contributed by atoms with Crippen LogP contribution in [0.15, 0.2) is 24.9 Å². The molecule has 2 aliphatic heterocycles. The lowest BCUT2D eigenvalue weighted by Crippen LogP contribution is -2.53. The van der Waals surface area contributed by atoms with Gasteiger partial charge in [-0.15, -0.1) is 0 Å². The number of likely N-dealkylation sites (tertiary alicyclic amines) is 1. The number of nitrogens with one attached hydrogen (secondary N) is 1. The first-order chi connectivity index (χ1) is 12.5. The summed E-state index contributed by atoms with van der Waals surface area (Å²) in [5.41, 5.74) is 0.467. The summed E-state index contributed by atoms with van der Waals surface area (Å²) < 4.78 is 0. The van der Waals surface area contributed by atoms with Crippen LogP contribution in [0.25, 0.3) is 0 Å². The molecule has 2 saturated heterocycles. The number of amides is 3. The first kappa shape index (κ1) is 18.5. The minimum Gasteiger partial charge on any atom is -0.356 e. The van der Waals surface area contributed by atoms with Crippen LogP contribution in [0.2, 0.25) is 5.02 Å². The van der Waals surface area contributed by atoms with Crippen LogP contribution in [0.4, 0.5) is 0 Å². The molecule has 0 saturated carbocycles. The highest BCUT2D eigenvalue weighted by molar-refractivity contribution is 6.30. The molecule has 0 aromatic carbocycles. The van der Waals surface area contributed by atoms with Gasteiger partial charge in [0.15, 0.2) is 0 Å². The second-order valence-corrected chi connectivity index (χ2v) is 7.09. The number of piperidine rings is 1. The van der Waals surface area contributed by atoms with E-state index in [0.717, 1.165) is 0 Å². The monoisotopic (exact) mass is 378 g/mol. The molecule has 1 N–H and O–H groups in total. The van der Waals surface area contributed by atoms with Crippen LogP contribution in [-0.2, 0) is 9.59 Å². The van der Waals surface area contributed by atoms with Crippen molar-refractivity contribution in [3.05, 3.63) is 35.6 Å². The van der Waals surface area contributed by atoms with Crippen molar-refractivity contribution < 1.29 is 14.4 Å². The van der Waals surface area contributed by atoms with E-state index in [9.17, 15) is 14.4 Å². The van der Waals surface area contributed by atoms with Crippen LogP contribution < -0.4 is 0 Å². The largest absolute Gasteiger partial charge is 0.356 e. The Kier molecular flexibility index (Phi) is 5.66. The summed E-state index contributed by atoms with van der Waals surface area (Å²) in [4.78, 5) is 44.9. The van der Waals surface area contributed by atoms with Gasteiger partial charge in [-0.3, -0.25) is 14.4 Å². The van der Waals surface area contributed by atoms with E-state index in [1.807, 2.05) is 4.90 Å². The normalized spacial score (nSPS) is 18.7. The average Bonchev–Trinajstić information content (AvgIpc) is 3.13. The minimum absolute atomic E-state index is 0.0478. The molecule has 1 aromatic rings. The maximum absolute atomic E-state index is 12.7. The fraction of sp³-hybridized carbons (Fsp3) is 0.500. The average molecular weight is 379 g/mol. The van der Waals surface area contributed by atoms with Crippen LogP contribution in [0, 0.1) is 5.92 Å². The first-order valence-electron chi connectivity index (χ1n) is 8.83. The van der Waals surface area contributed by atoms with Gasteiger partial charge in [0, 0.05) is 51.4 Å². The Morgan fingerprint density at radius 3 is 2.19 bits per heavy atom. The van der Waals surface area contributed by atoms with E-state index in [1.165, 1.54) is 6.08 Å². The Bertz CT molecular complexity index is 701. The Labute approximate surface area is 157 Å². The number of nitrogens with zero attached hydrogens (tertiary/aromatic N) is 3. The van der Waals surface area contributed by atoms with Crippen LogP contribution in [0.1, 0.15) is 23.3 Å². The third kappa shape index (κ3) is 3.93. The van der Waals surface area contributed by atoms with Crippen molar-refractivity contribution in [1.29, 1.82) is 0 Å². The lowest BCUT2D eigenvalue weighted by molar-refractivity contribution is -0.140. The van der Waals surface area contributed by atoms with Crippen molar-refractivity contribution in [2.24, 2.45) is 5.92 Å². The fourth-order valence-corrected chi connectivity index (χ4v) is 3.69. The van der Waals surface area contributed by atoms with E-state index in [0.29, 0.717) is 62.8 Å². The molecule has 0 spiro atoms. The van der Waals surface area contributed by atoms with Crippen molar-refractivity contribution in [2.45, 2.75) is 12.8 Å². The molecule has 0 bridgehead atoms. The summed E-state index contributed by atoms with van der Waals surface area (Å²) in [6.07, 6.45) is 4.25. The van der Waals surface area contributed by atoms with Gasteiger partial charge in [-0.1, -0.05) is 18.2 Å². The van der Waals surface area contributed by atoms with E-state index < -0.39 is 0 Å². The number of aromatic nitrogens is 1. The predicted molar refractivity (Wildman–Crippen MR) is 97.8 cm³/mol.